The van der Waals surface area contributed by atoms with Crippen LogP contribution in [0.4, 0.5) is 0 Å². The van der Waals surface area contributed by atoms with Gasteiger partial charge in [0.05, 0.1) is 12.0 Å². The summed E-state index contributed by atoms with van der Waals surface area (Å²) in [7, 11) is -2.43. The lowest BCUT2D eigenvalue weighted by Crippen LogP contribution is -2.54. The highest BCUT2D eigenvalue weighted by molar-refractivity contribution is 7.89. The SMILES string of the molecule is COc1ccc2ccc(S(=O)(=O)N[C@]3(Cc4ccc(C#N)s4)CCNC3=O)cc2c1. The molecule has 9 heteroatoms. The lowest BCUT2D eigenvalue weighted by molar-refractivity contribution is -0.124. The molecular formula is C21H19N3O4S2. The van der Waals surface area contributed by atoms with Gasteiger partial charge >= 0.3 is 0 Å². The lowest BCUT2D eigenvalue weighted by atomic mass is 9.94. The zero-order valence-electron chi connectivity index (χ0n) is 16.1. The second-order valence-corrected chi connectivity index (χ2v) is 9.97. The predicted molar refractivity (Wildman–Crippen MR) is 114 cm³/mol. The molecule has 1 saturated heterocycles. The number of hydrogen-bond acceptors (Lipinski definition) is 6. The third kappa shape index (κ3) is 3.77. The number of amides is 1. The summed E-state index contributed by atoms with van der Waals surface area (Å²) in [6, 6.07) is 15.7. The Morgan fingerprint density at radius 3 is 2.67 bits per heavy atom. The summed E-state index contributed by atoms with van der Waals surface area (Å²) in [6.45, 7) is 0.382. The van der Waals surface area contributed by atoms with Crippen LogP contribution in [0.3, 0.4) is 0 Å². The average molecular weight is 442 g/mol. The molecule has 0 saturated carbocycles. The van der Waals surface area contributed by atoms with Crippen molar-refractivity contribution in [3.63, 3.8) is 0 Å². The van der Waals surface area contributed by atoms with Crippen LogP contribution in [0.15, 0.2) is 53.4 Å². The number of nitriles is 1. The Bertz CT molecular complexity index is 1280. The molecule has 1 atom stereocenters. The van der Waals surface area contributed by atoms with Crippen LogP contribution in [-0.4, -0.2) is 33.5 Å². The van der Waals surface area contributed by atoms with Gasteiger partial charge in [0, 0.05) is 17.8 Å². The van der Waals surface area contributed by atoms with Gasteiger partial charge in [-0.05, 0) is 53.6 Å². The molecule has 0 radical (unpaired) electrons. The van der Waals surface area contributed by atoms with E-state index < -0.39 is 15.6 Å². The van der Waals surface area contributed by atoms with Crippen molar-refractivity contribution in [3.8, 4) is 11.8 Å². The van der Waals surface area contributed by atoms with Crippen LogP contribution in [0.25, 0.3) is 10.8 Å². The second-order valence-electron chi connectivity index (χ2n) is 7.12. The average Bonchev–Trinajstić information content (AvgIpc) is 3.33. The number of carbonyl (C=O) groups is 1. The van der Waals surface area contributed by atoms with Crippen molar-refractivity contribution in [1.82, 2.24) is 10.0 Å². The fourth-order valence-corrected chi connectivity index (χ4v) is 5.97. The number of hydrogen-bond donors (Lipinski definition) is 2. The number of nitrogens with zero attached hydrogens (tertiary/aromatic N) is 1. The highest BCUT2D eigenvalue weighted by Crippen LogP contribution is 2.29. The maximum atomic E-state index is 13.2. The Hall–Kier alpha value is -2.93. The summed E-state index contributed by atoms with van der Waals surface area (Å²) in [4.78, 5) is 14.0. The Balaban J connectivity index is 1.69. The van der Waals surface area contributed by atoms with Gasteiger partial charge in [0.2, 0.25) is 15.9 Å². The van der Waals surface area contributed by atoms with Crippen LogP contribution in [-0.2, 0) is 21.2 Å². The first-order valence-corrected chi connectivity index (χ1v) is 11.5. The van der Waals surface area contributed by atoms with Gasteiger partial charge in [0.15, 0.2) is 0 Å². The molecule has 2 heterocycles. The van der Waals surface area contributed by atoms with Gasteiger partial charge in [-0.2, -0.15) is 9.98 Å². The maximum Gasteiger partial charge on any atom is 0.241 e. The largest absolute Gasteiger partial charge is 0.497 e. The molecule has 2 N–H and O–H groups in total. The molecule has 154 valence electrons. The van der Waals surface area contributed by atoms with Gasteiger partial charge in [0.1, 0.15) is 22.2 Å². The standard InChI is InChI=1S/C21H19N3O4S2/c1-28-16-4-2-14-3-7-19(11-15(14)10-16)30(26,27)24-21(8-9-23-20(21)25)12-17-5-6-18(13-22)29-17/h2-7,10-11,24H,8-9,12H2,1H3,(H,23,25)/t21-/m0/s1. The van der Waals surface area contributed by atoms with E-state index in [-0.39, 0.29) is 17.2 Å². The van der Waals surface area contributed by atoms with Gasteiger partial charge in [-0.15, -0.1) is 11.3 Å². The van der Waals surface area contributed by atoms with Crippen LogP contribution < -0.4 is 14.8 Å². The molecule has 1 amide bonds. The van der Waals surface area contributed by atoms with E-state index >= 15 is 0 Å². The summed E-state index contributed by atoms with van der Waals surface area (Å²) in [5, 5.41) is 13.4. The lowest BCUT2D eigenvalue weighted by Gasteiger charge is -2.27. The van der Waals surface area contributed by atoms with E-state index in [0.717, 1.165) is 15.6 Å². The van der Waals surface area contributed by atoms with E-state index in [2.05, 4.69) is 16.1 Å². The van der Waals surface area contributed by atoms with Gasteiger partial charge in [0.25, 0.3) is 0 Å². The van der Waals surface area contributed by atoms with E-state index in [1.165, 1.54) is 17.4 Å². The minimum atomic E-state index is -3.98. The van der Waals surface area contributed by atoms with Crippen molar-refractivity contribution in [2.75, 3.05) is 13.7 Å². The molecule has 7 nitrogen and oxygen atoms in total. The second kappa shape index (κ2) is 7.72. The quantitative estimate of drug-likeness (QED) is 0.611. The molecule has 30 heavy (non-hydrogen) atoms. The van der Waals surface area contributed by atoms with Crippen LogP contribution in [0.1, 0.15) is 16.2 Å². The monoisotopic (exact) mass is 441 g/mol. The number of ether oxygens (including phenoxy) is 1. The number of fused-ring (bicyclic) bond motifs is 1. The third-order valence-corrected chi connectivity index (χ3v) is 7.70. The minimum absolute atomic E-state index is 0.0752. The number of methoxy groups -OCH3 is 1. The van der Waals surface area contributed by atoms with Gasteiger partial charge < -0.3 is 10.1 Å². The molecular weight excluding hydrogens is 422 g/mol. The van der Waals surface area contributed by atoms with Gasteiger partial charge in [-0.25, -0.2) is 8.42 Å². The first-order valence-electron chi connectivity index (χ1n) is 9.24. The van der Waals surface area contributed by atoms with Crippen molar-refractivity contribution < 1.29 is 17.9 Å². The molecule has 0 unspecified atom stereocenters. The highest BCUT2D eigenvalue weighted by atomic mass is 32.2. The van der Waals surface area contributed by atoms with Crippen LogP contribution >= 0.6 is 11.3 Å². The summed E-state index contributed by atoms with van der Waals surface area (Å²) in [6.07, 6.45) is 0.512. The fourth-order valence-electron chi connectivity index (χ4n) is 3.62. The number of sulfonamides is 1. The molecule has 0 spiro atoms. The summed E-state index contributed by atoms with van der Waals surface area (Å²) < 4.78 is 34.3. The minimum Gasteiger partial charge on any atom is -0.497 e. The first kappa shape index (κ1) is 20.3. The molecule has 4 rings (SSSR count). The van der Waals surface area contributed by atoms with Crippen molar-refractivity contribution in [2.45, 2.75) is 23.3 Å². The van der Waals surface area contributed by atoms with Crippen molar-refractivity contribution in [2.24, 2.45) is 0 Å². The molecule has 1 aromatic heterocycles. The Labute approximate surface area is 178 Å². The van der Waals surface area contributed by atoms with E-state index in [0.29, 0.717) is 23.6 Å². The molecule has 0 aliphatic carbocycles. The van der Waals surface area contributed by atoms with Crippen molar-refractivity contribution >= 4 is 38.0 Å². The van der Waals surface area contributed by atoms with Gasteiger partial charge in [-0.1, -0.05) is 12.1 Å². The Morgan fingerprint density at radius 2 is 2.00 bits per heavy atom. The van der Waals surface area contributed by atoms with Crippen LogP contribution in [0, 0.1) is 11.3 Å². The van der Waals surface area contributed by atoms with Crippen LogP contribution in [0.2, 0.25) is 0 Å². The zero-order chi connectivity index (χ0) is 21.4. The maximum absolute atomic E-state index is 13.2. The van der Waals surface area contributed by atoms with Gasteiger partial charge in [-0.3, -0.25) is 4.79 Å². The fraction of sp³-hybridized carbons (Fsp3) is 0.238. The molecule has 1 aliphatic heterocycles. The van der Waals surface area contributed by atoms with E-state index in [9.17, 15) is 13.2 Å². The first-order chi connectivity index (χ1) is 14.3. The van der Waals surface area contributed by atoms with Crippen molar-refractivity contribution in [1.29, 1.82) is 5.26 Å². The molecule has 0 bridgehead atoms. The van der Waals surface area contributed by atoms with E-state index in [1.807, 2.05) is 12.1 Å². The highest BCUT2D eigenvalue weighted by Gasteiger charge is 2.46. The Morgan fingerprint density at radius 1 is 1.20 bits per heavy atom. The summed E-state index contributed by atoms with van der Waals surface area (Å²) in [5.74, 6) is 0.267. The number of thiophene rings is 1. The van der Waals surface area contributed by atoms with Crippen molar-refractivity contribution in [3.05, 3.63) is 58.3 Å². The molecule has 1 fully saturated rings. The molecule has 1 aliphatic rings. The van der Waals surface area contributed by atoms with E-state index in [4.69, 9.17) is 10.00 Å². The third-order valence-electron chi connectivity index (χ3n) is 5.18. The van der Waals surface area contributed by atoms with E-state index in [1.54, 1.807) is 37.4 Å². The Kier molecular flexibility index (Phi) is 5.24. The normalized spacial score (nSPS) is 18.9. The number of benzene rings is 2. The smallest absolute Gasteiger partial charge is 0.241 e. The predicted octanol–water partition coefficient (Wildman–Crippen LogP) is 2.56. The number of carbonyl (C=O) groups excluding carboxylic acids is 1. The summed E-state index contributed by atoms with van der Waals surface area (Å²) >= 11 is 1.26. The topological polar surface area (TPSA) is 108 Å². The number of rotatable bonds is 6. The molecule has 2 aromatic carbocycles. The molecule has 3 aromatic rings. The summed E-state index contributed by atoms with van der Waals surface area (Å²) in [5.41, 5.74) is -1.29. The number of nitrogens with one attached hydrogen (secondary N) is 2. The van der Waals surface area contributed by atoms with Crippen LogP contribution in [0.5, 0.6) is 5.75 Å². The zero-order valence-corrected chi connectivity index (χ0v) is 17.8.